The molecule has 7 heteroatoms. The maximum atomic E-state index is 12.4. The molecule has 2 aromatic heterocycles. The Labute approximate surface area is 129 Å². The number of amides is 1. The lowest BCUT2D eigenvalue weighted by Crippen LogP contribution is -2.56. The molecular formula is C15H21N5O2. The number of aromatic nitrogens is 3. The summed E-state index contributed by atoms with van der Waals surface area (Å²) in [4.78, 5) is 14.5. The SMILES string of the molecule is CC[C@@H](C(=O)Nc1cc(C)on1)N1CC(n2cc(C)cn2)C1. The molecule has 0 aliphatic carbocycles. The second-order valence-electron chi connectivity index (χ2n) is 5.84. The summed E-state index contributed by atoms with van der Waals surface area (Å²) in [7, 11) is 0. The van der Waals surface area contributed by atoms with Crippen LogP contribution in [0.2, 0.25) is 0 Å². The van der Waals surface area contributed by atoms with Crippen molar-refractivity contribution in [3.8, 4) is 0 Å². The molecule has 1 N–H and O–H groups in total. The van der Waals surface area contributed by atoms with Crippen molar-refractivity contribution in [2.75, 3.05) is 18.4 Å². The van der Waals surface area contributed by atoms with Crippen LogP contribution in [0.5, 0.6) is 0 Å². The highest BCUT2D eigenvalue weighted by atomic mass is 16.5. The lowest BCUT2D eigenvalue weighted by Gasteiger charge is -2.43. The predicted molar refractivity (Wildman–Crippen MR) is 81.5 cm³/mol. The Morgan fingerprint density at radius 3 is 2.82 bits per heavy atom. The molecule has 1 saturated heterocycles. The van der Waals surface area contributed by atoms with Crippen molar-refractivity contribution in [2.24, 2.45) is 0 Å². The van der Waals surface area contributed by atoms with Gasteiger partial charge in [0.1, 0.15) is 5.76 Å². The average molecular weight is 303 g/mol. The van der Waals surface area contributed by atoms with Crippen LogP contribution < -0.4 is 5.32 Å². The maximum absolute atomic E-state index is 12.4. The largest absolute Gasteiger partial charge is 0.360 e. The topological polar surface area (TPSA) is 76.2 Å². The molecule has 22 heavy (non-hydrogen) atoms. The highest BCUT2D eigenvalue weighted by Crippen LogP contribution is 2.25. The molecule has 3 rings (SSSR count). The number of nitrogens with one attached hydrogen (secondary N) is 1. The fraction of sp³-hybridized carbons (Fsp3) is 0.533. The Morgan fingerprint density at radius 1 is 1.50 bits per heavy atom. The van der Waals surface area contributed by atoms with Crippen molar-refractivity contribution in [3.63, 3.8) is 0 Å². The molecule has 118 valence electrons. The van der Waals surface area contributed by atoms with Gasteiger partial charge in [-0.2, -0.15) is 5.10 Å². The minimum Gasteiger partial charge on any atom is -0.360 e. The lowest BCUT2D eigenvalue weighted by atomic mass is 10.0. The minimum atomic E-state index is -0.148. The van der Waals surface area contributed by atoms with Crippen molar-refractivity contribution in [1.82, 2.24) is 19.8 Å². The van der Waals surface area contributed by atoms with Crippen LogP contribution in [0.4, 0.5) is 5.82 Å². The third kappa shape index (κ3) is 2.89. The normalized spacial score (nSPS) is 17.2. The van der Waals surface area contributed by atoms with E-state index in [1.165, 1.54) is 0 Å². The van der Waals surface area contributed by atoms with Crippen LogP contribution >= 0.6 is 0 Å². The summed E-state index contributed by atoms with van der Waals surface area (Å²) in [5.74, 6) is 1.12. The number of hydrogen-bond acceptors (Lipinski definition) is 5. The van der Waals surface area contributed by atoms with Crippen LogP contribution in [0.15, 0.2) is 23.0 Å². The van der Waals surface area contributed by atoms with Gasteiger partial charge in [-0.1, -0.05) is 12.1 Å². The second-order valence-corrected chi connectivity index (χ2v) is 5.84. The fourth-order valence-electron chi connectivity index (χ4n) is 2.79. The quantitative estimate of drug-likeness (QED) is 0.911. The maximum Gasteiger partial charge on any atom is 0.242 e. The van der Waals surface area contributed by atoms with Gasteiger partial charge < -0.3 is 9.84 Å². The molecule has 1 fully saturated rings. The molecule has 1 amide bonds. The molecule has 0 aromatic carbocycles. The first kappa shape index (κ1) is 14.8. The number of anilines is 1. The van der Waals surface area contributed by atoms with E-state index in [2.05, 4.69) is 20.5 Å². The highest BCUT2D eigenvalue weighted by molar-refractivity contribution is 5.94. The summed E-state index contributed by atoms with van der Waals surface area (Å²) in [5, 5.41) is 11.0. The fourth-order valence-corrected chi connectivity index (χ4v) is 2.79. The van der Waals surface area contributed by atoms with Gasteiger partial charge in [-0.15, -0.1) is 0 Å². The molecule has 0 spiro atoms. The van der Waals surface area contributed by atoms with E-state index in [0.717, 1.165) is 25.1 Å². The summed E-state index contributed by atoms with van der Waals surface area (Å²) in [6.45, 7) is 7.52. The van der Waals surface area contributed by atoms with Crippen molar-refractivity contribution < 1.29 is 9.32 Å². The van der Waals surface area contributed by atoms with Crippen LogP contribution in [0.3, 0.4) is 0 Å². The van der Waals surface area contributed by atoms with Crippen molar-refractivity contribution >= 4 is 11.7 Å². The van der Waals surface area contributed by atoms with Crippen LogP contribution in [-0.2, 0) is 4.79 Å². The zero-order valence-corrected chi connectivity index (χ0v) is 13.1. The Kier molecular flexibility index (Phi) is 3.98. The first-order valence-corrected chi connectivity index (χ1v) is 7.55. The van der Waals surface area contributed by atoms with Crippen LogP contribution in [0.1, 0.15) is 30.7 Å². The summed E-state index contributed by atoms with van der Waals surface area (Å²) >= 11 is 0. The Hall–Kier alpha value is -2.15. The molecule has 0 bridgehead atoms. The summed E-state index contributed by atoms with van der Waals surface area (Å²) in [6.07, 6.45) is 4.66. The third-order valence-corrected chi connectivity index (χ3v) is 4.00. The van der Waals surface area contributed by atoms with Crippen molar-refractivity contribution in [3.05, 3.63) is 29.8 Å². The van der Waals surface area contributed by atoms with Crippen molar-refractivity contribution in [1.29, 1.82) is 0 Å². The number of hydrogen-bond donors (Lipinski definition) is 1. The van der Waals surface area contributed by atoms with E-state index in [4.69, 9.17) is 4.52 Å². The number of likely N-dealkylation sites (tertiary alicyclic amines) is 1. The molecular weight excluding hydrogens is 282 g/mol. The van der Waals surface area contributed by atoms with Gasteiger partial charge in [0.2, 0.25) is 5.91 Å². The second kappa shape index (κ2) is 5.92. The van der Waals surface area contributed by atoms with Gasteiger partial charge in [-0.05, 0) is 25.8 Å². The molecule has 1 aliphatic heterocycles. The van der Waals surface area contributed by atoms with Crippen molar-refractivity contribution in [2.45, 2.75) is 39.3 Å². The monoisotopic (exact) mass is 303 g/mol. The van der Waals surface area contributed by atoms with Crippen LogP contribution in [0.25, 0.3) is 0 Å². The molecule has 1 aliphatic rings. The zero-order chi connectivity index (χ0) is 15.7. The number of rotatable bonds is 5. The first-order valence-electron chi connectivity index (χ1n) is 7.55. The lowest BCUT2D eigenvalue weighted by molar-refractivity contribution is -0.124. The predicted octanol–water partition coefficient (Wildman–Crippen LogP) is 1.76. The number of nitrogens with zero attached hydrogens (tertiary/aromatic N) is 4. The number of carbonyl (C=O) groups excluding carboxylic acids is 1. The van der Waals surface area contributed by atoms with E-state index in [1.807, 2.05) is 30.9 Å². The van der Waals surface area contributed by atoms with E-state index >= 15 is 0 Å². The van der Waals surface area contributed by atoms with Crippen LogP contribution in [-0.4, -0.2) is 44.9 Å². The minimum absolute atomic E-state index is 0.0362. The van der Waals surface area contributed by atoms with Crippen LogP contribution in [0, 0.1) is 13.8 Å². The smallest absolute Gasteiger partial charge is 0.242 e. The van der Waals surface area contributed by atoms with Gasteiger partial charge in [-0.25, -0.2) is 0 Å². The highest BCUT2D eigenvalue weighted by Gasteiger charge is 2.36. The average Bonchev–Trinajstić information content (AvgIpc) is 3.02. The molecule has 7 nitrogen and oxygen atoms in total. The molecule has 0 unspecified atom stereocenters. The Balaban J connectivity index is 1.57. The van der Waals surface area contributed by atoms with Gasteiger partial charge in [0.05, 0.1) is 18.3 Å². The van der Waals surface area contributed by atoms with Gasteiger partial charge in [0.15, 0.2) is 5.82 Å². The zero-order valence-electron chi connectivity index (χ0n) is 13.1. The van der Waals surface area contributed by atoms with E-state index in [-0.39, 0.29) is 11.9 Å². The molecule has 0 saturated carbocycles. The third-order valence-electron chi connectivity index (χ3n) is 4.00. The molecule has 0 radical (unpaired) electrons. The number of carbonyl (C=O) groups is 1. The summed E-state index contributed by atoms with van der Waals surface area (Å²) in [6, 6.07) is 1.92. The van der Waals surface area contributed by atoms with E-state index in [9.17, 15) is 4.79 Å². The standard InChI is InChI=1S/C15H21N5O2/c1-4-13(15(21)17-14-5-11(3)22-18-14)19-8-12(9-19)20-7-10(2)6-16-20/h5-7,12-13H,4,8-9H2,1-3H3,(H,17,18,21)/t13-/m0/s1. The van der Waals surface area contributed by atoms with Gasteiger partial charge in [0, 0.05) is 25.4 Å². The van der Waals surface area contributed by atoms with E-state index in [1.54, 1.807) is 13.0 Å². The summed E-state index contributed by atoms with van der Waals surface area (Å²) < 4.78 is 6.95. The van der Waals surface area contributed by atoms with E-state index in [0.29, 0.717) is 17.6 Å². The molecule has 2 aromatic rings. The van der Waals surface area contributed by atoms with Gasteiger partial charge in [-0.3, -0.25) is 14.4 Å². The van der Waals surface area contributed by atoms with Gasteiger partial charge >= 0.3 is 0 Å². The Morgan fingerprint density at radius 2 is 2.27 bits per heavy atom. The molecule has 1 atom stereocenters. The Bertz CT molecular complexity index is 656. The number of aryl methyl sites for hydroxylation is 2. The van der Waals surface area contributed by atoms with E-state index < -0.39 is 0 Å². The molecule has 3 heterocycles. The summed E-state index contributed by atoms with van der Waals surface area (Å²) in [5.41, 5.74) is 1.16. The van der Waals surface area contributed by atoms with Gasteiger partial charge in [0.25, 0.3) is 0 Å². The first-order chi connectivity index (χ1) is 10.6.